The Kier molecular flexibility index (Phi) is 6.00. The SMILES string of the molecule is CCN1C(=O)/C(=C/c2cc(C)n(-c3ccccc3)c2C)SC1=Nc1ccc(OC)cc1. The van der Waals surface area contributed by atoms with Crippen molar-refractivity contribution in [3.8, 4) is 11.4 Å². The highest BCUT2D eigenvalue weighted by atomic mass is 32.2. The number of amides is 1. The van der Waals surface area contributed by atoms with Gasteiger partial charge in [0.1, 0.15) is 5.75 Å². The minimum absolute atomic E-state index is 0.00993. The maximum atomic E-state index is 13.0. The number of rotatable bonds is 5. The van der Waals surface area contributed by atoms with E-state index in [1.165, 1.54) is 11.8 Å². The molecule has 1 amide bonds. The minimum Gasteiger partial charge on any atom is -0.497 e. The lowest BCUT2D eigenvalue weighted by atomic mass is 10.2. The monoisotopic (exact) mass is 431 g/mol. The van der Waals surface area contributed by atoms with E-state index in [9.17, 15) is 4.79 Å². The zero-order valence-electron chi connectivity index (χ0n) is 18.1. The molecule has 2 aromatic carbocycles. The molecule has 4 rings (SSSR count). The molecule has 1 saturated heterocycles. The quantitative estimate of drug-likeness (QED) is 0.485. The Labute approximate surface area is 187 Å². The summed E-state index contributed by atoms with van der Waals surface area (Å²) in [5.41, 5.74) is 5.18. The van der Waals surface area contributed by atoms with Crippen molar-refractivity contribution in [1.29, 1.82) is 0 Å². The number of thioether (sulfide) groups is 1. The van der Waals surface area contributed by atoms with Crippen LogP contribution in [0.2, 0.25) is 0 Å². The summed E-state index contributed by atoms with van der Waals surface area (Å²) in [4.78, 5) is 20.2. The number of benzene rings is 2. The molecule has 158 valence electrons. The molecule has 1 aliphatic rings. The largest absolute Gasteiger partial charge is 0.497 e. The topological polar surface area (TPSA) is 46.8 Å². The molecule has 2 heterocycles. The van der Waals surface area contributed by atoms with Crippen molar-refractivity contribution in [2.45, 2.75) is 20.8 Å². The zero-order chi connectivity index (χ0) is 22.0. The highest BCUT2D eigenvalue weighted by molar-refractivity contribution is 8.18. The molecule has 0 aliphatic carbocycles. The van der Waals surface area contributed by atoms with E-state index >= 15 is 0 Å². The Morgan fingerprint density at radius 1 is 1.06 bits per heavy atom. The third-order valence-corrected chi connectivity index (χ3v) is 6.28. The number of hydrogen-bond acceptors (Lipinski definition) is 4. The third kappa shape index (κ3) is 4.16. The number of ether oxygens (including phenoxy) is 1. The van der Waals surface area contributed by atoms with Crippen LogP contribution in [0, 0.1) is 13.8 Å². The van der Waals surface area contributed by atoms with E-state index in [4.69, 9.17) is 9.73 Å². The Balaban J connectivity index is 1.67. The van der Waals surface area contributed by atoms with Crippen molar-refractivity contribution < 1.29 is 9.53 Å². The molecule has 5 nitrogen and oxygen atoms in total. The highest BCUT2D eigenvalue weighted by Crippen LogP contribution is 2.35. The van der Waals surface area contributed by atoms with Crippen molar-refractivity contribution in [3.05, 3.63) is 82.5 Å². The number of likely N-dealkylation sites (N-methyl/N-ethyl adjacent to an activating group) is 1. The van der Waals surface area contributed by atoms with Crippen LogP contribution in [-0.4, -0.2) is 34.2 Å². The fourth-order valence-electron chi connectivity index (χ4n) is 3.69. The first kappa shape index (κ1) is 21.0. The number of nitrogens with zero attached hydrogens (tertiary/aromatic N) is 3. The van der Waals surface area contributed by atoms with Gasteiger partial charge in [-0.05, 0) is 86.6 Å². The Bertz CT molecular complexity index is 1160. The molecule has 0 saturated carbocycles. The molecule has 3 aromatic rings. The zero-order valence-corrected chi connectivity index (χ0v) is 18.9. The summed E-state index contributed by atoms with van der Waals surface area (Å²) < 4.78 is 7.42. The van der Waals surface area contributed by atoms with Crippen molar-refractivity contribution in [2.75, 3.05) is 13.7 Å². The Morgan fingerprint density at radius 3 is 2.42 bits per heavy atom. The predicted octanol–water partition coefficient (Wildman–Crippen LogP) is 5.73. The number of amidine groups is 1. The lowest BCUT2D eigenvalue weighted by molar-refractivity contribution is -0.122. The molecule has 31 heavy (non-hydrogen) atoms. The van der Waals surface area contributed by atoms with Crippen LogP contribution in [0.3, 0.4) is 0 Å². The van der Waals surface area contributed by atoms with Gasteiger partial charge in [0.15, 0.2) is 5.17 Å². The minimum atomic E-state index is -0.00993. The van der Waals surface area contributed by atoms with E-state index in [1.54, 1.807) is 12.0 Å². The summed E-state index contributed by atoms with van der Waals surface area (Å²) in [6.45, 7) is 6.70. The molecule has 0 N–H and O–H groups in total. The number of carbonyl (C=O) groups is 1. The third-order valence-electron chi connectivity index (χ3n) is 5.27. The number of aromatic nitrogens is 1. The van der Waals surface area contributed by atoms with Gasteiger partial charge in [-0.2, -0.15) is 0 Å². The van der Waals surface area contributed by atoms with E-state index < -0.39 is 0 Å². The first-order chi connectivity index (χ1) is 15.0. The van der Waals surface area contributed by atoms with E-state index in [0.29, 0.717) is 16.6 Å². The maximum Gasteiger partial charge on any atom is 0.266 e. The predicted molar refractivity (Wildman–Crippen MR) is 128 cm³/mol. The summed E-state index contributed by atoms with van der Waals surface area (Å²) in [5.74, 6) is 0.769. The van der Waals surface area contributed by atoms with Crippen LogP contribution in [0.25, 0.3) is 11.8 Å². The first-order valence-electron chi connectivity index (χ1n) is 10.2. The average molecular weight is 432 g/mol. The molecular formula is C25H25N3O2S. The number of para-hydroxylation sites is 1. The second-order valence-corrected chi connectivity index (χ2v) is 8.26. The smallest absolute Gasteiger partial charge is 0.266 e. The number of carbonyl (C=O) groups excluding carboxylic acids is 1. The Morgan fingerprint density at radius 2 is 1.77 bits per heavy atom. The molecule has 6 heteroatoms. The molecule has 0 atom stereocenters. The van der Waals surface area contributed by atoms with Crippen LogP contribution >= 0.6 is 11.8 Å². The molecule has 0 bridgehead atoms. The van der Waals surface area contributed by atoms with E-state index in [0.717, 1.165) is 34.1 Å². The summed E-state index contributed by atoms with van der Waals surface area (Å²) in [6.07, 6.45) is 1.98. The molecule has 1 fully saturated rings. The first-order valence-corrected chi connectivity index (χ1v) is 11.0. The molecule has 0 spiro atoms. The van der Waals surface area contributed by atoms with Gasteiger partial charge in [0.25, 0.3) is 5.91 Å². The fourth-order valence-corrected chi connectivity index (χ4v) is 4.74. The number of hydrogen-bond donors (Lipinski definition) is 0. The lowest BCUT2D eigenvalue weighted by Gasteiger charge is -2.12. The lowest BCUT2D eigenvalue weighted by Crippen LogP contribution is -2.28. The van der Waals surface area contributed by atoms with Gasteiger partial charge in [-0.1, -0.05) is 18.2 Å². The van der Waals surface area contributed by atoms with Crippen LogP contribution in [0.4, 0.5) is 5.69 Å². The fraction of sp³-hybridized carbons (Fsp3) is 0.200. The Hall–Kier alpha value is -3.25. The molecule has 1 aliphatic heterocycles. The van der Waals surface area contributed by atoms with Gasteiger partial charge in [-0.3, -0.25) is 9.69 Å². The molecule has 1 aromatic heterocycles. The van der Waals surface area contributed by atoms with E-state index in [2.05, 4.69) is 36.6 Å². The van der Waals surface area contributed by atoms with E-state index in [1.807, 2.05) is 55.5 Å². The second kappa shape index (κ2) is 8.86. The highest BCUT2D eigenvalue weighted by Gasteiger charge is 2.32. The van der Waals surface area contributed by atoms with Crippen molar-refractivity contribution >= 4 is 34.6 Å². The van der Waals surface area contributed by atoms with Crippen LogP contribution in [-0.2, 0) is 4.79 Å². The molecule has 0 unspecified atom stereocenters. The van der Waals surface area contributed by atoms with Crippen LogP contribution in [0.1, 0.15) is 23.9 Å². The summed E-state index contributed by atoms with van der Waals surface area (Å²) in [7, 11) is 1.64. The second-order valence-electron chi connectivity index (χ2n) is 7.25. The number of aryl methyl sites for hydroxylation is 1. The average Bonchev–Trinajstić information content (AvgIpc) is 3.23. The van der Waals surface area contributed by atoms with Crippen molar-refractivity contribution in [1.82, 2.24) is 9.47 Å². The van der Waals surface area contributed by atoms with Gasteiger partial charge < -0.3 is 9.30 Å². The van der Waals surface area contributed by atoms with Crippen LogP contribution in [0.15, 0.2) is 70.6 Å². The van der Waals surface area contributed by atoms with E-state index in [-0.39, 0.29) is 5.91 Å². The van der Waals surface area contributed by atoms with Gasteiger partial charge in [-0.25, -0.2) is 4.99 Å². The standard InChI is InChI=1S/C25H25N3O2S/c1-5-27-24(29)23(31-25(27)26-20-11-13-22(30-4)14-12-20)16-19-15-17(2)28(18(19)3)21-9-7-6-8-10-21/h6-16H,5H2,1-4H3/b23-16-,26-25?. The van der Waals surface area contributed by atoms with Crippen molar-refractivity contribution in [3.63, 3.8) is 0 Å². The number of aliphatic imine (C=N–C) groups is 1. The number of methoxy groups -OCH3 is 1. The van der Waals surface area contributed by atoms with Gasteiger partial charge in [0, 0.05) is 23.6 Å². The summed E-state index contributed by atoms with van der Waals surface area (Å²) in [6, 6.07) is 19.9. The van der Waals surface area contributed by atoms with Gasteiger partial charge in [0.2, 0.25) is 0 Å². The van der Waals surface area contributed by atoms with Gasteiger partial charge in [-0.15, -0.1) is 0 Å². The maximum absolute atomic E-state index is 13.0. The van der Waals surface area contributed by atoms with Gasteiger partial charge >= 0.3 is 0 Å². The summed E-state index contributed by atoms with van der Waals surface area (Å²) in [5, 5.41) is 0.695. The van der Waals surface area contributed by atoms with Crippen LogP contribution in [0.5, 0.6) is 5.75 Å². The molecule has 0 radical (unpaired) electrons. The van der Waals surface area contributed by atoms with Crippen LogP contribution < -0.4 is 4.74 Å². The van der Waals surface area contributed by atoms with Crippen molar-refractivity contribution in [2.24, 2.45) is 4.99 Å². The molecular weight excluding hydrogens is 406 g/mol. The summed E-state index contributed by atoms with van der Waals surface area (Å²) >= 11 is 1.42. The normalized spacial score (nSPS) is 16.5. The van der Waals surface area contributed by atoms with Gasteiger partial charge in [0.05, 0.1) is 17.7 Å².